The Morgan fingerprint density at radius 3 is 2.62 bits per heavy atom. The minimum atomic E-state index is 0.0132. The van der Waals surface area contributed by atoms with Gasteiger partial charge in [0.2, 0.25) is 0 Å². The summed E-state index contributed by atoms with van der Waals surface area (Å²) in [5.41, 5.74) is 8.06. The number of benzene rings is 2. The fraction of sp³-hybridized carbons (Fsp3) is 0.333. The number of halogens is 1. The number of rotatable bonds is 4. The van der Waals surface area contributed by atoms with Gasteiger partial charge in [0.25, 0.3) is 0 Å². The largest absolute Gasteiger partial charge is 0.271 e. The third kappa shape index (κ3) is 2.91. The van der Waals surface area contributed by atoms with E-state index in [1.165, 1.54) is 41.5 Å². The van der Waals surface area contributed by atoms with Crippen molar-refractivity contribution in [1.29, 1.82) is 0 Å². The normalized spacial score (nSPS) is 16.5. The van der Waals surface area contributed by atoms with Crippen LogP contribution in [0.1, 0.15) is 53.5 Å². The average Bonchev–Trinajstić information content (AvgIpc) is 2.43. The van der Waals surface area contributed by atoms with E-state index in [9.17, 15) is 0 Å². The minimum absolute atomic E-state index is 0.0132. The van der Waals surface area contributed by atoms with Crippen LogP contribution >= 0.6 is 15.9 Å². The zero-order chi connectivity index (χ0) is 14.8. The third-order valence-electron chi connectivity index (χ3n) is 4.52. The van der Waals surface area contributed by atoms with E-state index in [-0.39, 0.29) is 6.04 Å². The van der Waals surface area contributed by atoms with Crippen molar-refractivity contribution >= 4 is 15.9 Å². The monoisotopic (exact) mass is 344 g/mol. The maximum atomic E-state index is 5.86. The minimum Gasteiger partial charge on any atom is -0.271 e. The first-order valence-corrected chi connectivity index (χ1v) is 8.31. The standard InChI is InChI=1S/C18H21BrN2/c1-12-5-2-10-16(17(12)19)18(21-20)15-9-4-8-14(11-15)13-6-3-7-13/h2,4-5,8-11,13,18,21H,3,6-7,20H2,1H3. The Hall–Kier alpha value is -1.16. The molecule has 0 aromatic heterocycles. The zero-order valence-electron chi connectivity index (χ0n) is 12.3. The molecule has 3 rings (SSSR count). The van der Waals surface area contributed by atoms with Crippen LogP contribution in [0.3, 0.4) is 0 Å². The summed E-state index contributed by atoms with van der Waals surface area (Å²) in [7, 11) is 0. The molecule has 2 nitrogen and oxygen atoms in total. The van der Waals surface area contributed by atoms with Gasteiger partial charge in [0.15, 0.2) is 0 Å². The van der Waals surface area contributed by atoms with Crippen LogP contribution in [-0.4, -0.2) is 0 Å². The molecule has 1 aliphatic carbocycles. The molecule has 3 heteroatoms. The summed E-state index contributed by atoms with van der Waals surface area (Å²) in [5.74, 6) is 6.60. The molecule has 0 spiro atoms. The maximum Gasteiger partial charge on any atom is 0.0721 e. The summed E-state index contributed by atoms with van der Waals surface area (Å²) in [5, 5.41) is 0. The van der Waals surface area contributed by atoms with Gasteiger partial charge in [-0.15, -0.1) is 0 Å². The summed E-state index contributed by atoms with van der Waals surface area (Å²) in [6.07, 6.45) is 3.99. The summed E-state index contributed by atoms with van der Waals surface area (Å²) >= 11 is 3.70. The number of hydrogen-bond acceptors (Lipinski definition) is 2. The fourth-order valence-electron chi connectivity index (χ4n) is 2.99. The van der Waals surface area contributed by atoms with E-state index in [4.69, 9.17) is 5.84 Å². The molecule has 1 unspecified atom stereocenters. The number of nitrogens with one attached hydrogen (secondary N) is 1. The van der Waals surface area contributed by atoms with Crippen molar-refractivity contribution < 1.29 is 0 Å². The van der Waals surface area contributed by atoms with Crippen LogP contribution in [0.5, 0.6) is 0 Å². The summed E-state index contributed by atoms with van der Waals surface area (Å²) in [4.78, 5) is 0. The van der Waals surface area contributed by atoms with Gasteiger partial charge in [0.05, 0.1) is 6.04 Å². The van der Waals surface area contributed by atoms with Crippen molar-refractivity contribution in [2.75, 3.05) is 0 Å². The zero-order valence-corrected chi connectivity index (χ0v) is 13.9. The number of hydrazine groups is 1. The Morgan fingerprint density at radius 1 is 1.19 bits per heavy atom. The Morgan fingerprint density at radius 2 is 1.95 bits per heavy atom. The van der Waals surface area contributed by atoms with Gasteiger partial charge in [-0.25, -0.2) is 5.43 Å². The lowest BCUT2D eigenvalue weighted by atomic mass is 9.79. The van der Waals surface area contributed by atoms with Crippen molar-refractivity contribution in [2.45, 2.75) is 38.1 Å². The number of nitrogens with two attached hydrogens (primary N) is 1. The molecule has 0 saturated heterocycles. The van der Waals surface area contributed by atoms with Crippen LogP contribution in [0.15, 0.2) is 46.9 Å². The van der Waals surface area contributed by atoms with E-state index in [2.05, 4.69) is 70.7 Å². The summed E-state index contributed by atoms with van der Waals surface area (Å²) in [6.45, 7) is 2.10. The van der Waals surface area contributed by atoms with E-state index in [0.29, 0.717) is 0 Å². The molecule has 1 aliphatic rings. The fourth-order valence-corrected chi connectivity index (χ4v) is 3.49. The molecule has 2 aromatic carbocycles. The highest BCUT2D eigenvalue weighted by Gasteiger charge is 2.22. The van der Waals surface area contributed by atoms with E-state index in [1.807, 2.05) is 0 Å². The lowest BCUT2D eigenvalue weighted by Crippen LogP contribution is -2.29. The molecular weight excluding hydrogens is 324 g/mol. The number of hydrogen-bond donors (Lipinski definition) is 2. The molecule has 1 saturated carbocycles. The van der Waals surface area contributed by atoms with Crippen molar-refractivity contribution in [1.82, 2.24) is 5.43 Å². The van der Waals surface area contributed by atoms with Crippen molar-refractivity contribution in [3.63, 3.8) is 0 Å². The Labute approximate surface area is 134 Å². The highest BCUT2D eigenvalue weighted by molar-refractivity contribution is 9.10. The van der Waals surface area contributed by atoms with Gasteiger partial charge < -0.3 is 0 Å². The van der Waals surface area contributed by atoms with E-state index in [0.717, 1.165) is 10.4 Å². The quantitative estimate of drug-likeness (QED) is 0.629. The Balaban J connectivity index is 1.97. The third-order valence-corrected chi connectivity index (χ3v) is 5.60. The molecule has 21 heavy (non-hydrogen) atoms. The molecule has 110 valence electrons. The van der Waals surface area contributed by atoms with Crippen molar-refractivity contribution in [3.8, 4) is 0 Å². The summed E-state index contributed by atoms with van der Waals surface area (Å²) < 4.78 is 1.13. The van der Waals surface area contributed by atoms with E-state index in [1.54, 1.807) is 0 Å². The molecular formula is C18H21BrN2. The highest BCUT2D eigenvalue weighted by Crippen LogP contribution is 2.38. The molecule has 1 atom stereocenters. The van der Waals surface area contributed by atoms with Gasteiger partial charge in [-0.3, -0.25) is 5.84 Å². The highest BCUT2D eigenvalue weighted by atomic mass is 79.9. The van der Waals surface area contributed by atoms with Crippen LogP contribution in [0.2, 0.25) is 0 Å². The second-order valence-corrected chi connectivity index (χ2v) is 6.67. The Bertz CT molecular complexity index is 635. The molecule has 2 aromatic rings. The van der Waals surface area contributed by atoms with Crippen LogP contribution in [0, 0.1) is 6.92 Å². The van der Waals surface area contributed by atoms with Gasteiger partial charge in [0, 0.05) is 4.47 Å². The number of aryl methyl sites for hydroxylation is 1. The molecule has 0 radical (unpaired) electrons. The van der Waals surface area contributed by atoms with Crippen molar-refractivity contribution in [2.24, 2.45) is 5.84 Å². The maximum absolute atomic E-state index is 5.86. The van der Waals surface area contributed by atoms with Gasteiger partial charge in [0.1, 0.15) is 0 Å². The van der Waals surface area contributed by atoms with Gasteiger partial charge in [-0.05, 0) is 47.9 Å². The predicted octanol–water partition coefficient (Wildman–Crippen LogP) is 4.58. The predicted molar refractivity (Wildman–Crippen MR) is 91.1 cm³/mol. The summed E-state index contributed by atoms with van der Waals surface area (Å²) in [6, 6.07) is 15.2. The molecule has 1 fully saturated rings. The average molecular weight is 345 g/mol. The van der Waals surface area contributed by atoms with Gasteiger partial charge in [-0.2, -0.15) is 0 Å². The SMILES string of the molecule is Cc1cccc(C(NN)c2cccc(C3CCC3)c2)c1Br. The van der Waals surface area contributed by atoms with Crippen LogP contribution in [0.25, 0.3) is 0 Å². The second kappa shape index (κ2) is 6.30. The van der Waals surface area contributed by atoms with Crippen LogP contribution in [-0.2, 0) is 0 Å². The van der Waals surface area contributed by atoms with Gasteiger partial charge >= 0.3 is 0 Å². The lowest BCUT2D eigenvalue weighted by molar-refractivity contribution is 0.419. The second-order valence-electron chi connectivity index (χ2n) is 5.88. The van der Waals surface area contributed by atoms with E-state index < -0.39 is 0 Å². The first-order valence-electron chi connectivity index (χ1n) is 7.51. The van der Waals surface area contributed by atoms with Crippen molar-refractivity contribution in [3.05, 3.63) is 69.2 Å². The first kappa shape index (κ1) is 14.8. The van der Waals surface area contributed by atoms with E-state index >= 15 is 0 Å². The molecule has 0 heterocycles. The van der Waals surface area contributed by atoms with Gasteiger partial charge in [-0.1, -0.05) is 64.8 Å². The lowest BCUT2D eigenvalue weighted by Gasteiger charge is -2.27. The smallest absolute Gasteiger partial charge is 0.0721 e. The Kier molecular flexibility index (Phi) is 4.43. The molecule has 3 N–H and O–H groups in total. The van der Waals surface area contributed by atoms with Crippen LogP contribution < -0.4 is 11.3 Å². The molecule has 0 amide bonds. The molecule has 0 aliphatic heterocycles. The molecule has 0 bridgehead atoms. The topological polar surface area (TPSA) is 38.0 Å². The van der Waals surface area contributed by atoms with Crippen LogP contribution in [0.4, 0.5) is 0 Å². The first-order chi connectivity index (χ1) is 10.2.